The molecular formula is C69H93N13O12. The lowest BCUT2D eigenvalue weighted by atomic mass is 10.0. The van der Waals surface area contributed by atoms with Crippen LogP contribution in [0, 0.1) is 17.8 Å². The van der Waals surface area contributed by atoms with Crippen molar-refractivity contribution in [1.82, 2.24) is 62.1 Å². The molecule has 94 heavy (non-hydrogen) atoms. The minimum atomic E-state index is -1.32. The third kappa shape index (κ3) is 18.6. The zero-order valence-corrected chi connectivity index (χ0v) is 54.7. The number of fused-ring (bicyclic) bond motifs is 3. The molecule has 0 unspecified atom stereocenters. The highest BCUT2D eigenvalue weighted by Gasteiger charge is 2.46. The highest BCUT2D eigenvalue weighted by molar-refractivity contribution is 6.03. The third-order valence-electron chi connectivity index (χ3n) is 18.0. The Morgan fingerprint density at radius 1 is 0.532 bits per heavy atom. The van der Waals surface area contributed by atoms with E-state index >= 15 is 14.4 Å². The first-order chi connectivity index (χ1) is 45.0. The van der Waals surface area contributed by atoms with E-state index in [4.69, 9.17) is 5.73 Å². The average Bonchev–Trinajstić information content (AvgIpc) is 1.72. The molecule has 5 aliphatic heterocycles. The first-order valence-corrected chi connectivity index (χ1v) is 33.2. The van der Waals surface area contributed by atoms with Gasteiger partial charge in [-0.15, -0.1) is 0 Å². The summed E-state index contributed by atoms with van der Waals surface area (Å²) < 4.78 is 0. The Morgan fingerprint density at radius 2 is 1.04 bits per heavy atom. The number of carbonyl (C=O) groups excluding carboxylic acids is 12. The third-order valence-corrected chi connectivity index (χ3v) is 18.0. The molecule has 25 heteroatoms. The van der Waals surface area contributed by atoms with Gasteiger partial charge in [0, 0.05) is 51.6 Å². The van der Waals surface area contributed by atoms with Crippen molar-refractivity contribution < 1.29 is 57.5 Å². The van der Waals surface area contributed by atoms with Gasteiger partial charge < -0.3 is 67.9 Å². The van der Waals surface area contributed by atoms with E-state index in [0.717, 1.165) is 5.56 Å². The molecule has 4 fully saturated rings. The zero-order chi connectivity index (χ0) is 67.8. The van der Waals surface area contributed by atoms with E-state index < -0.39 is 149 Å². The Kier molecular flexibility index (Phi) is 24.9. The second kappa shape index (κ2) is 33.1. The van der Waals surface area contributed by atoms with Crippen molar-refractivity contribution in [3.05, 3.63) is 120 Å². The molecule has 25 nitrogen and oxygen atoms in total. The largest absolute Gasteiger partial charge is 0.378 e. The summed E-state index contributed by atoms with van der Waals surface area (Å²) >= 11 is 0. The van der Waals surface area contributed by atoms with Crippen LogP contribution >= 0.6 is 0 Å². The maximum atomic E-state index is 15.4. The van der Waals surface area contributed by atoms with Crippen LogP contribution in [0.3, 0.4) is 0 Å². The molecule has 0 radical (unpaired) electrons. The number of benzene rings is 3. The quantitative estimate of drug-likeness (QED) is 0.0821. The second-order valence-electron chi connectivity index (χ2n) is 26.5. The van der Waals surface area contributed by atoms with Crippen molar-refractivity contribution in [2.75, 3.05) is 32.7 Å². The second-order valence-corrected chi connectivity index (χ2v) is 26.5. The van der Waals surface area contributed by atoms with Gasteiger partial charge >= 0.3 is 0 Å². The lowest BCUT2D eigenvalue weighted by Gasteiger charge is -2.34. The van der Waals surface area contributed by atoms with Crippen molar-refractivity contribution in [1.29, 1.82) is 0 Å². The van der Waals surface area contributed by atoms with Crippen LogP contribution in [0.15, 0.2) is 103 Å². The van der Waals surface area contributed by atoms with Gasteiger partial charge in [-0.1, -0.05) is 133 Å². The van der Waals surface area contributed by atoms with Crippen LogP contribution < -0.4 is 48.3 Å². The number of primary amides is 1. The van der Waals surface area contributed by atoms with Crippen molar-refractivity contribution in [3.63, 3.8) is 0 Å². The van der Waals surface area contributed by atoms with E-state index in [1.165, 1.54) is 25.8 Å². The topological polar surface area (TPSA) is 340 Å². The molecule has 4 saturated heterocycles. The summed E-state index contributed by atoms with van der Waals surface area (Å²) in [6, 6.07) is 15.4. The van der Waals surface area contributed by atoms with Gasteiger partial charge in [0.25, 0.3) is 5.91 Å². The van der Waals surface area contributed by atoms with Gasteiger partial charge in [-0.25, -0.2) is 0 Å². The molecule has 0 spiro atoms. The molecule has 10 atom stereocenters. The number of carbonyl (C=O) groups is 12. The maximum absolute atomic E-state index is 15.4. The first kappa shape index (κ1) is 70.7. The Labute approximate surface area is 549 Å². The fraction of sp³-hybridized carbons (Fsp3) is 0.536. The monoisotopic (exact) mass is 1300 g/mol. The molecule has 0 bridgehead atoms. The molecule has 0 aromatic heterocycles. The molecular weight excluding hydrogens is 1200 g/mol. The summed E-state index contributed by atoms with van der Waals surface area (Å²) in [6.45, 7) is 10.9. The van der Waals surface area contributed by atoms with Gasteiger partial charge in [-0.05, 0) is 98.7 Å². The molecule has 3 aromatic rings. The minimum absolute atomic E-state index is 0.0140. The Bertz CT molecular complexity index is 3260. The standard InChI is InChI=1S/C69H93N13O12/c1-41(2)34-47(60(85)73-48(59(84)72-40-57(70)83)36-44-20-10-7-11-21-44)74-62(87)54-27-17-31-80(54)68(93)52-39-71-50(35-42(3)4)66(91)79-30-16-26-53(79)63(88)75-49(37-45-22-12-8-13-23-45)61(86)76-51(38-46-24-14-9-15-25-46)67(92)82-33-19-29-56(82)69(94)81-32-18-28-55(81)64(89)78-58(43(5)6)65(90)77-52/h7-15,20-25,39,41-43,47-51,53-56,58,71H,16-19,26-38,40H2,1-6H3,(H2,70,83)(H,72,84)(H,73,85)(H,74,87)(H,75,88)(H,76,86)(H,77,90)(H,78,89)/b52-39-/t47-,48-,49-,50-,51-,53-,54-,55-,56-,58-/m0/s1. The van der Waals surface area contributed by atoms with E-state index in [2.05, 4.69) is 42.5 Å². The molecule has 8 rings (SSSR count). The number of nitrogens with one attached hydrogen (secondary N) is 8. The molecule has 5 aliphatic rings. The first-order valence-electron chi connectivity index (χ1n) is 33.2. The zero-order valence-electron chi connectivity index (χ0n) is 54.7. The number of rotatable bonds is 19. The van der Waals surface area contributed by atoms with Gasteiger partial charge in [0.15, 0.2) is 0 Å². The van der Waals surface area contributed by atoms with Gasteiger partial charge in [0.05, 0.1) is 6.54 Å². The molecule has 12 amide bonds. The summed E-state index contributed by atoms with van der Waals surface area (Å²) in [5.74, 6) is -8.92. The summed E-state index contributed by atoms with van der Waals surface area (Å²) in [5.41, 5.74) is 7.06. The molecule has 0 saturated carbocycles. The van der Waals surface area contributed by atoms with Crippen molar-refractivity contribution in [3.8, 4) is 0 Å². The average molecular weight is 1300 g/mol. The highest BCUT2D eigenvalue weighted by Crippen LogP contribution is 2.28. The van der Waals surface area contributed by atoms with E-state index in [0.29, 0.717) is 36.8 Å². The molecule has 5 heterocycles. The van der Waals surface area contributed by atoms with Crippen LogP contribution in [0.2, 0.25) is 0 Å². The summed E-state index contributed by atoms with van der Waals surface area (Å²) in [7, 11) is 0. The number of nitrogens with two attached hydrogens (primary N) is 1. The van der Waals surface area contributed by atoms with Crippen molar-refractivity contribution in [2.45, 2.75) is 185 Å². The summed E-state index contributed by atoms with van der Waals surface area (Å²) in [6.07, 6.45) is 4.10. The fourth-order valence-electron chi connectivity index (χ4n) is 13.2. The smallest absolute Gasteiger partial charge is 0.272 e. The van der Waals surface area contributed by atoms with E-state index in [9.17, 15) is 43.2 Å². The Balaban J connectivity index is 1.13. The van der Waals surface area contributed by atoms with Crippen LogP contribution in [0.1, 0.15) is 122 Å². The number of nitrogens with zero attached hydrogens (tertiary/aromatic N) is 4. The number of hydrogen-bond donors (Lipinski definition) is 9. The lowest BCUT2D eigenvalue weighted by molar-refractivity contribution is -0.148. The molecule has 506 valence electrons. The number of likely N-dealkylation sites (tertiary alicyclic amines) is 1. The Hall–Kier alpha value is -9.16. The maximum Gasteiger partial charge on any atom is 0.272 e. The van der Waals surface area contributed by atoms with Gasteiger partial charge in [-0.2, -0.15) is 0 Å². The van der Waals surface area contributed by atoms with E-state index in [1.807, 2.05) is 76.2 Å². The van der Waals surface area contributed by atoms with Gasteiger partial charge in [0.1, 0.15) is 66.1 Å². The summed E-state index contributed by atoms with van der Waals surface area (Å²) in [5, 5.41) is 22.7. The predicted molar refractivity (Wildman–Crippen MR) is 348 cm³/mol. The van der Waals surface area contributed by atoms with Crippen LogP contribution in [0.5, 0.6) is 0 Å². The Morgan fingerprint density at radius 3 is 1.61 bits per heavy atom. The van der Waals surface area contributed by atoms with Crippen LogP contribution in [0.25, 0.3) is 0 Å². The summed E-state index contributed by atoms with van der Waals surface area (Å²) in [4.78, 5) is 180. The van der Waals surface area contributed by atoms with Crippen molar-refractivity contribution >= 4 is 70.9 Å². The molecule has 3 aromatic carbocycles. The van der Waals surface area contributed by atoms with Gasteiger partial charge in [0.2, 0.25) is 65.0 Å². The normalized spacial score (nSPS) is 24.7. The number of amides is 12. The van der Waals surface area contributed by atoms with Crippen molar-refractivity contribution in [2.24, 2.45) is 23.5 Å². The van der Waals surface area contributed by atoms with E-state index in [-0.39, 0.29) is 95.8 Å². The van der Waals surface area contributed by atoms with Crippen LogP contribution in [-0.4, -0.2) is 184 Å². The number of hydrogen-bond acceptors (Lipinski definition) is 13. The van der Waals surface area contributed by atoms with Crippen LogP contribution in [0.4, 0.5) is 0 Å². The fourth-order valence-corrected chi connectivity index (χ4v) is 13.2. The highest BCUT2D eigenvalue weighted by atomic mass is 16.2. The molecule has 0 aliphatic carbocycles. The SMILES string of the molecule is CC(C)C[C@H](NC(=O)[C@@H]1CCCN1C(=O)/C1=C/N[C@@H](CC(C)C)C(=O)N2CCC[C@H]2C(=O)N[C@@H](Cc2ccccc2)C(=O)N[C@@H](Cc2ccccc2)C(=O)N2CCC[C@H]2C(=O)N2CCC[C@H]2C(=O)N[C@@H](C(C)C)C(=O)N1)C(=O)N[C@@H](Cc1ccccc1)C(=O)NCC(N)=O. The minimum Gasteiger partial charge on any atom is -0.378 e. The van der Waals surface area contributed by atoms with Crippen LogP contribution in [-0.2, 0) is 76.8 Å². The lowest BCUT2D eigenvalue weighted by Crippen LogP contribution is -2.60. The molecule has 10 N–H and O–H groups in total. The predicted octanol–water partition coefficient (Wildman–Crippen LogP) is 1.38. The van der Waals surface area contributed by atoms with E-state index in [1.54, 1.807) is 56.3 Å². The van der Waals surface area contributed by atoms with Gasteiger partial charge in [-0.3, -0.25) is 57.5 Å².